The zero-order valence-corrected chi connectivity index (χ0v) is 26.4. The number of hydrogen-bond acceptors (Lipinski definition) is 7. The van der Waals surface area contributed by atoms with Crippen molar-refractivity contribution < 1.29 is 24.1 Å². The Kier molecular flexibility index (Phi) is 10.00. The van der Waals surface area contributed by atoms with E-state index in [0.29, 0.717) is 22.9 Å². The second kappa shape index (κ2) is 14.7. The molecular formula is C36H36N4O5S. The van der Waals surface area contributed by atoms with Crippen molar-refractivity contribution >= 4 is 29.2 Å². The van der Waals surface area contributed by atoms with E-state index < -0.39 is 6.29 Å². The summed E-state index contributed by atoms with van der Waals surface area (Å²) in [6.07, 6.45) is 2.67. The van der Waals surface area contributed by atoms with Crippen molar-refractivity contribution in [2.24, 2.45) is 13.0 Å². The van der Waals surface area contributed by atoms with E-state index in [1.54, 1.807) is 42.2 Å². The number of hydrogen-bond donors (Lipinski definition) is 3. The van der Waals surface area contributed by atoms with Crippen molar-refractivity contribution in [3.05, 3.63) is 132 Å². The average molecular weight is 637 g/mol. The highest BCUT2D eigenvalue weighted by Crippen LogP contribution is 2.43. The van der Waals surface area contributed by atoms with Crippen LogP contribution in [0.5, 0.6) is 11.5 Å². The second-order valence-electron chi connectivity index (χ2n) is 11.1. The summed E-state index contributed by atoms with van der Waals surface area (Å²) in [6, 6.07) is 31.7. The van der Waals surface area contributed by atoms with Crippen LogP contribution in [0.4, 0.5) is 16.2 Å². The molecule has 0 aliphatic carbocycles. The molecule has 9 nitrogen and oxygen atoms in total. The Bertz CT molecular complexity index is 1730. The maximum absolute atomic E-state index is 12.9. The van der Waals surface area contributed by atoms with E-state index >= 15 is 0 Å². The van der Waals surface area contributed by atoms with E-state index in [1.165, 1.54) is 0 Å². The van der Waals surface area contributed by atoms with Gasteiger partial charge in [0.25, 0.3) is 0 Å². The number of aliphatic hydroxyl groups excluding tert-OH is 1. The topological polar surface area (TPSA) is 107 Å². The van der Waals surface area contributed by atoms with Crippen LogP contribution < -0.4 is 15.4 Å². The van der Waals surface area contributed by atoms with Crippen LogP contribution >= 0.6 is 11.8 Å². The monoisotopic (exact) mass is 636 g/mol. The second-order valence-corrected chi connectivity index (χ2v) is 12.1. The van der Waals surface area contributed by atoms with Crippen LogP contribution in [0.3, 0.4) is 0 Å². The number of aryl methyl sites for hydroxylation is 1. The summed E-state index contributed by atoms with van der Waals surface area (Å²) in [7, 11) is 1.97. The molecule has 0 spiro atoms. The van der Waals surface area contributed by atoms with Gasteiger partial charge in [0.15, 0.2) is 11.4 Å². The van der Waals surface area contributed by atoms with Gasteiger partial charge in [0, 0.05) is 48.1 Å². The predicted octanol–water partition coefficient (Wildman–Crippen LogP) is 7.93. The molecule has 0 bridgehead atoms. The van der Waals surface area contributed by atoms with Gasteiger partial charge in [0.1, 0.15) is 11.5 Å². The lowest BCUT2D eigenvalue weighted by molar-refractivity contribution is -0.268. The number of ether oxygens (including phenoxy) is 3. The molecule has 46 heavy (non-hydrogen) atoms. The molecule has 0 radical (unpaired) electrons. The first-order valence-electron chi connectivity index (χ1n) is 15.1. The highest BCUT2D eigenvalue weighted by atomic mass is 32.2. The fraction of sp³-hybridized carbons (Fsp3) is 0.222. The predicted molar refractivity (Wildman–Crippen MR) is 179 cm³/mol. The maximum Gasteiger partial charge on any atom is 0.323 e. The molecule has 4 aromatic carbocycles. The SMILES string of the molecule is CC1C(CSc2nccn2C)OC(c2cccc(NC(=O)Nc3ccc(Oc4ccccc4)cc3)c2)OC1c1ccc(CO)cc1. The van der Waals surface area contributed by atoms with Gasteiger partial charge in [0.2, 0.25) is 0 Å². The van der Waals surface area contributed by atoms with Crippen LogP contribution in [0, 0.1) is 5.92 Å². The molecule has 3 N–H and O–H groups in total. The molecule has 1 aliphatic heterocycles. The molecule has 4 unspecified atom stereocenters. The largest absolute Gasteiger partial charge is 0.457 e. The average Bonchev–Trinajstić information content (AvgIpc) is 3.50. The first-order chi connectivity index (χ1) is 22.4. The van der Waals surface area contributed by atoms with Gasteiger partial charge in [-0.1, -0.05) is 73.3 Å². The van der Waals surface area contributed by atoms with Gasteiger partial charge in [-0.05, 0) is 59.7 Å². The number of para-hydroxylation sites is 1. The summed E-state index contributed by atoms with van der Waals surface area (Å²) < 4.78 is 21.0. The Morgan fingerprint density at radius 1 is 0.891 bits per heavy atom. The first kappa shape index (κ1) is 31.4. The zero-order chi connectivity index (χ0) is 31.9. The number of aliphatic hydroxyl groups is 1. The van der Waals surface area contributed by atoms with Crippen LogP contribution in [-0.4, -0.2) is 32.5 Å². The summed E-state index contributed by atoms with van der Waals surface area (Å²) in [5.41, 5.74) is 3.88. The summed E-state index contributed by atoms with van der Waals surface area (Å²) in [5.74, 6) is 2.14. The number of carbonyl (C=O) groups is 1. The van der Waals surface area contributed by atoms with Crippen molar-refractivity contribution in [2.75, 3.05) is 16.4 Å². The minimum Gasteiger partial charge on any atom is -0.457 e. The van der Waals surface area contributed by atoms with E-state index in [-0.39, 0.29) is 30.8 Å². The maximum atomic E-state index is 12.9. The standard InChI is InChI=1S/C36H36N4O5S/c1-24-32(23-46-36-37-19-20-40(36)2)44-34(45-33(24)26-13-11-25(22-41)12-14-26)27-7-6-8-29(21-27)39-35(42)38-28-15-17-31(18-16-28)43-30-9-4-3-5-10-30/h3-21,24,32-34,41H,22-23H2,1-2H3,(H2,38,39,42). The Labute approximate surface area is 272 Å². The summed E-state index contributed by atoms with van der Waals surface area (Å²) in [6.45, 7) is 2.12. The molecular weight excluding hydrogens is 600 g/mol. The number of amides is 2. The normalized spacial score (nSPS) is 19.4. The lowest BCUT2D eigenvalue weighted by Gasteiger charge is -2.41. The minimum absolute atomic E-state index is 0.0165. The third-order valence-corrected chi connectivity index (χ3v) is 8.93. The number of urea groups is 1. The Morgan fingerprint density at radius 2 is 1.63 bits per heavy atom. The molecule has 1 aromatic heterocycles. The Morgan fingerprint density at radius 3 is 2.35 bits per heavy atom. The van der Waals surface area contributed by atoms with Gasteiger partial charge in [-0.3, -0.25) is 0 Å². The third kappa shape index (κ3) is 7.78. The van der Waals surface area contributed by atoms with Gasteiger partial charge in [-0.2, -0.15) is 0 Å². The minimum atomic E-state index is -0.660. The molecule has 2 amide bonds. The van der Waals surface area contributed by atoms with Gasteiger partial charge < -0.3 is 34.5 Å². The number of benzene rings is 4. The van der Waals surface area contributed by atoms with Crippen molar-refractivity contribution in [1.29, 1.82) is 0 Å². The Hall–Kier alpha value is -4.61. The van der Waals surface area contributed by atoms with E-state index in [0.717, 1.165) is 27.6 Å². The molecule has 1 fully saturated rings. The lowest BCUT2D eigenvalue weighted by atomic mass is 9.91. The van der Waals surface area contributed by atoms with Crippen molar-refractivity contribution in [2.45, 2.75) is 37.2 Å². The quantitative estimate of drug-likeness (QED) is 0.134. The van der Waals surface area contributed by atoms with E-state index in [2.05, 4.69) is 22.5 Å². The number of nitrogens with zero attached hydrogens (tertiary/aromatic N) is 2. The zero-order valence-electron chi connectivity index (χ0n) is 25.6. The molecule has 1 saturated heterocycles. The third-order valence-electron chi connectivity index (χ3n) is 7.78. The highest BCUT2D eigenvalue weighted by molar-refractivity contribution is 7.99. The first-order valence-corrected chi connectivity index (χ1v) is 16.1. The van der Waals surface area contributed by atoms with Crippen LogP contribution in [-0.2, 0) is 23.1 Å². The van der Waals surface area contributed by atoms with Gasteiger partial charge in [0.05, 0.1) is 18.8 Å². The van der Waals surface area contributed by atoms with Crippen molar-refractivity contribution in [3.8, 4) is 11.5 Å². The Balaban J connectivity index is 1.14. The van der Waals surface area contributed by atoms with Crippen LogP contribution in [0.1, 0.15) is 36.0 Å². The van der Waals surface area contributed by atoms with E-state index in [9.17, 15) is 9.90 Å². The molecule has 5 aromatic rings. The molecule has 2 heterocycles. The molecule has 1 aliphatic rings. The molecule has 236 valence electrons. The fourth-order valence-electron chi connectivity index (χ4n) is 5.24. The van der Waals surface area contributed by atoms with Crippen LogP contribution in [0.25, 0.3) is 0 Å². The molecule has 0 saturated carbocycles. The van der Waals surface area contributed by atoms with Gasteiger partial charge >= 0.3 is 6.03 Å². The fourth-order valence-corrected chi connectivity index (χ4v) is 6.34. The van der Waals surface area contributed by atoms with Crippen LogP contribution in [0.15, 0.2) is 121 Å². The summed E-state index contributed by atoms with van der Waals surface area (Å²) >= 11 is 1.64. The number of nitrogens with one attached hydrogen (secondary N) is 2. The number of imidazole rings is 1. The lowest BCUT2D eigenvalue weighted by Crippen LogP contribution is -2.38. The van der Waals surface area contributed by atoms with E-state index in [4.69, 9.17) is 14.2 Å². The van der Waals surface area contributed by atoms with Gasteiger partial charge in [-0.15, -0.1) is 0 Å². The van der Waals surface area contributed by atoms with E-state index in [1.807, 2.05) is 96.7 Å². The molecule has 4 atom stereocenters. The highest BCUT2D eigenvalue weighted by Gasteiger charge is 2.38. The summed E-state index contributed by atoms with van der Waals surface area (Å²) in [4.78, 5) is 17.4. The van der Waals surface area contributed by atoms with Crippen LogP contribution in [0.2, 0.25) is 0 Å². The van der Waals surface area contributed by atoms with Crippen molar-refractivity contribution in [1.82, 2.24) is 9.55 Å². The number of anilines is 2. The molecule has 6 rings (SSSR count). The number of carbonyl (C=O) groups excluding carboxylic acids is 1. The van der Waals surface area contributed by atoms with Crippen molar-refractivity contribution in [3.63, 3.8) is 0 Å². The number of rotatable bonds is 10. The van der Waals surface area contributed by atoms with Gasteiger partial charge in [-0.25, -0.2) is 9.78 Å². The number of thioether (sulfide) groups is 1. The molecule has 10 heteroatoms. The number of aromatic nitrogens is 2. The summed E-state index contributed by atoms with van der Waals surface area (Å²) in [5, 5.41) is 16.2. The smallest absolute Gasteiger partial charge is 0.323 e.